The Morgan fingerprint density at radius 3 is 2.25 bits per heavy atom. The first-order valence-corrected chi connectivity index (χ1v) is 6.67. The maximum absolute atomic E-state index is 6.31. The smallest absolute Gasteiger partial charge is 0.161 e. The summed E-state index contributed by atoms with van der Waals surface area (Å²) in [6.45, 7) is 2.00. The molecule has 0 spiro atoms. The Hall–Kier alpha value is -1.71. The molecule has 2 N–H and O–H groups in total. The molecule has 3 nitrogen and oxygen atoms in total. The van der Waals surface area contributed by atoms with Crippen molar-refractivity contribution < 1.29 is 9.47 Å². The number of hydrogen-bond donors (Lipinski definition) is 1. The van der Waals surface area contributed by atoms with Crippen LogP contribution in [0.3, 0.4) is 0 Å². The largest absolute Gasteiger partial charge is 0.493 e. The van der Waals surface area contributed by atoms with Crippen LogP contribution in [0.2, 0.25) is 5.02 Å². The van der Waals surface area contributed by atoms with Crippen molar-refractivity contribution in [3.63, 3.8) is 0 Å². The van der Waals surface area contributed by atoms with E-state index in [2.05, 4.69) is 0 Å². The molecule has 1 unspecified atom stereocenters. The van der Waals surface area contributed by atoms with Gasteiger partial charge in [-0.05, 0) is 47.9 Å². The maximum atomic E-state index is 6.31. The van der Waals surface area contributed by atoms with Crippen LogP contribution in [0.5, 0.6) is 11.5 Å². The van der Waals surface area contributed by atoms with Gasteiger partial charge in [-0.15, -0.1) is 0 Å². The lowest BCUT2D eigenvalue weighted by atomic mass is 9.98. The van der Waals surface area contributed by atoms with Gasteiger partial charge in [-0.3, -0.25) is 0 Å². The molecule has 0 radical (unpaired) electrons. The van der Waals surface area contributed by atoms with Gasteiger partial charge in [-0.25, -0.2) is 0 Å². The highest BCUT2D eigenvalue weighted by atomic mass is 35.5. The number of nitrogens with two attached hydrogens (primary N) is 1. The summed E-state index contributed by atoms with van der Waals surface area (Å²) in [4.78, 5) is 0. The summed E-state index contributed by atoms with van der Waals surface area (Å²) in [5.74, 6) is 1.35. The first-order valence-electron chi connectivity index (χ1n) is 6.29. The van der Waals surface area contributed by atoms with Gasteiger partial charge >= 0.3 is 0 Å². The van der Waals surface area contributed by atoms with Crippen LogP contribution < -0.4 is 15.2 Å². The van der Waals surface area contributed by atoms with Crippen LogP contribution in [-0.4, -0.2) is 14.2 Å². The normalized spacial score (nSPS) is 12.1. The SMILES string of the molecule is COc1ccc(C(N)c2cc(C)cc(Cl)c2)cc1OC. The van der Waals surface area contributed by atoms with Crippen LogP contribution in [-0.2, 0) is 0 Å². The van der Waals surface area contributed by atoms with Gasteiger partial charge in [0.15, 0.2) is 11.5 Å². The molecule has 0 saturated carbocycles. The third kappa shape index (κ3) is 3.06. The number of hydrogen-bond acceptors (Lipinski definition) is 3. The van der Waals surface area contributed by atoms with E-state index in [0.29, 0.717) is 16.5 Å². The van der Waals surface area contributed by atoms with Gasteiger partial charge in [-0.2, -0.15) is 0 Å². The highest BCUT2D eigenvalue weighted by molar-refractivity contribution is 6.30. The standard InChI is InChI=1S/C16H18ClNO2/c1-10-6-12(8-13(17)7-10)16(18)11-4-5-14(19-2)15(9-11)20-3/h4-9,16H,18H2,1-3H3. The minimum Gasteiger partial charge on any atom is -0.493 e. The zero-order chi connectivity index (χ0) is 14.7. The van der Waals surface area contributed by atoms with Crippen molar-refractivity contribution >= 4 is 11.6 Å². The predicted molar refractivity (Wildman–Crippen MR) is 81.8 cm³/mol. The molecule has 0 aromatic heterocycles. The topological polar surface area (TPSA) is 44.5 Å². The Morgan fingerprint density at radius 1 is 0.950 bits per heavy atom. The molecular formula is C16H18ClNO2. The van der Waals surface area contributed by atoms with Gasteiger partial charge in [0.05, 0.1) is 20.3 Å². The number of rotatable bonds is 4. The van der Waals surface area contributed by atoms with Crippen molar-refractivity contribution in [3.05, 3.63) is 58.1 Å². The Balaban J connectivity index is 2.39. The molecule has 0 heterocycles. The van der Waals surface area contributed by atoms with Crippen LogP contribution in [0, 0.1) is 6.92 Å². The summed E-state index contributed by atoms with van der Waals surface area (Å²) in [6, 6.07) is 11.2. The Kier molecular flexibility index (Phi) is 4.53. The highest BCUT2D eigenvalue weighted by Gasteiger charge is 2.13. The first kappa shape index (κ1) is 14.7. The summed E-state index contributed by atoms with van der Waals surface area (Å²) in [5.41, 5.74) is 9.32. The molecule has 0 fully saturated rings. The molecule has 4 heteroatoms. The van der Waals surface area contributed by atoms with Crippen molar-refractivity contribution in [2.24, 2.45) is 5.73 Å². The second-order valence-electron chi connectivity index (χ2n) is 4.65. The minimum atomic E-state index is -0.257. The predicted octanol–water partition coefficient (Wildman–Crippen LogP) is 3.71. The zero-order valence-corrected chi connectivity index (χ0v) is 12.6. The molecule has 0 aliphatic carbocycles. The average Bonchev–Trinajstić information content (AvgIpc) is 2.44. The van der Waals surface area contributed by atoms with E-state index in [1.54, 1.807) is 14.2 Å². The fourth-order valence-corrected chi connectivity index (χ4v) is 2.48. The van der Waals surface area contributed by atoms with E-state index in [9.17, 15) is 0 Å². The van der Waals surface area contributed by atoms with E-state index in [4.69, 9.17) is 26.8 Å². The molecule has 0 aliphatic heterocycles. The molecule has 20 heavy (non-hydrogen) atoms. The molecule has 1 atom stereocenters. The highest BCUT2D eigenvalue weighted by Crippen LogP contribution is 2.32. The Bertz CT molecular complexity index is 593. The van der Waals surface area contributed by atoms with E-state index in [-0.39, 0.29) is 6.04 Å². The second-order valence-corrected chi connectivity index (χ2v) is 5.09. The lowest BCUT2D eigenvalue weighted by molar-refractivity contribution is 0.354. The van der Waals surface area contributed by atoms with Gasteiger partial charge in [0.1, 0.15) is 0 Å². The Labute approximate surface area is 124 Å². The molecule has 106 valence electrons. The first-order chi connectivity index (χ1) is 9.55. The number of halogens is 1. The molecule has 0 saturated heterocycles. The molecule has 0 amide bonds. The molecule has 2 rings (SSSR count). The molecule has 2 aromatic carbocycles. The summed E-state index contributed by atoms with van der Waals surface area (Å²) in [7, 11) is 3.22. The van der Waals surface area contributed by atoms with Crippen molar-refractivity contribution in [1.82, 2.24) is 0 Å². The van der Waals surface area contributed by atoms with Crippen molar-refractivity contribution in [3.8, 4) is 11.5 Å². The van der Waals surface area contributed by atoms with Gasteiger partial charge in [0.25, 0.3) is 0 Å². The lowest BCUT2D eigenvalue weighted by Gasteiger charge is -2.16. The van der Waals surface area contributed by atoms with Crippen LogP contribution >= 0.6 is 11.6 Å². The number of ether oxygens (including phenoxy) is 2. The fourth-order valence-electron chi connectivity index (χ4n) is 2.18. The summed E-state index contributed by atoms with van der Waals surface area (Å²) in [6.07, 6.45) is 0. The van der Waals surface area contributed by atoms with Gasteiger partial charge in [-0.1, -0.05) is 23.7 Å². The second kappa shape index (κ2) is 6.16. The van der Waals surface area contributed by atoms with E-state index in [1.807, 2.05) is 43.3 Å². The quantitative estimate of drug-likeness (QED) is 0.934. The molecule has 2 aromatic rings. The third-order valence-corrected chi connectivity index (χ3v) is 3.41. The molecular weight excluding hydrogens is 274 g/mol. The number of methoxy groups -OCH3 is 2. The summed E-state index contributed by atoms with van der Waals surface area (Å²) >= 11 is 6.09. The summed E-state index contributed by atoms with van der Waals surface area (Å²) in [5, 5.41) is 0.691. The fraction of sp³-hybridized carbons (Fsp3) is 0.250. The number of aryl methyl sites for hydroxylation is 1. The summed E-state index contributed by atoms with van der Waals surface area (Å²) < 4.78 is 10.5. The van der Waals surface area contributed by atoms with Crippen LogP contribution in [0.15, 0.2) is 36.4 Å². The third-order valence-electron chi connectivity index (χ3n) is 3.19. The van der Waals surface area contributed by atoms with Crippen molar-refractivity contribution in [1.29, 1.82) is 0 Å². The maximum Gasteiger partial charge on any atom is 0.161 e. The van der Waals surface area contributed by atoms with E-state index < -0.39 is 0 Å². The zero-order valence-electron chi connectivity index (χ0n) is 11.8. The lowest BCUT2D eigenvalue weighted by Crippen LogP contribution is -2.12. The van der Waals surface area contributed by atoms with Crippen molar-refractivity contribution in [2.45, 2.75) is 13.0 Å². The van der Waals surface area contributed by atoms with E-state index in [0.717, 1.165) is 16.7 Å². The van der Waals surface area contributed by atoms with Crippen LogP contribution in [0.25, 0.3) is 0 Å². The van der Waals surface area contributed by atoms with E-state index >= 15 is 0 Å². The monoisotopic (exact) mass is 291 g/mol. The van der Waals surface area contributed by atoms with Gasteiger partial charge in [0, 0.05) is 5.02 Å². The van der Waals surface area contributed by atoms with E-state index in [1.165, 1.54) is 0 Å². The van der Waals surface area contributed by atoms with Gasteiger partial charge < -0.3 is 15.2 Å². The minimum absolute atomic E-state index is 0.257. The Morgan fingerprint density at radius 2 is 1.65 bits per heavy atom. The molecule has 0 bridgehead atoms. The van der Waals surface area contributed by atoms with Crippen LogP contribution in [0.4, 0.5) is 0 Å². The average molecular weight is 292 g/mol. The van der Waals surface area contributed by atoms with Crippen molar-refractivity contribution in [2.75, 3.05) is 14.2 Å². The van der Waals surface area contributed by atoms with Gasteiger partial charge in [0.2, 0.25) is 0 Å². The van der Waals surface area contributed by atoms with Crippen LogP contribution in [0.1, 0.15) is 22.7 Å². The molecule has 0 aliphatic rings. The number of benzene rings is 2.